The summed E-state index contributed by atoms with van der Waals surface area (Å²) in [5.74, 6) is 0. The van der Waals surface area contributed by atoms with Crippen LogP contribution in [0.1, 0.15) is 81.8 Å². The first-order valence-corrected chi connectivity index (χ1v) is 29.5. The van der Waals surface area contributed by atoms with E-state index in [0.29, 0.717) is 0 Å². The number of benzene rings is 13. The van der Waals surface area contributed by atoms with Gasteiger partial charge in [0.15, 0.2) is 0 Å². The molecule has 0 aliphatic heterocycles. The zero-order valence-electron chi connectivity index (χ0n) is 48.6. The molecule has 0 aromatic heterocycles. The molecule has 0 unspecified atom stereocenters. The first-order valence-electron chi connectivity index (χ1n) is 29.5. The smallest absolute Gasteiger partial charge is 0.0468 e. The van der Waals surface area contributed by atoms with Crippen molar-refractivity contribution in [2.75, 3.05) is 9.80 Å². The van der Waals surface area contributed by atoms with Gasteiger partial charge in [-0.3, -0.25) is 0 Å². The molecule has 0 spiro atoms. The molecule has 0 N–H and O–H groups in total. The number of para-hydroxylation sites is 2. The Morgan fingerprint density at radius 3 is 1.12 bits per heavy atom. The summed E-state index contributed by atoms with van der Waals surface area (Å²) in [6, 6.07) is 96.5. The van der Waals surface area contributed by atoms with Crippen LogP contribution in [0.3, 0.4) is 0 Å². The van der Waals surface area contributed by atoms with Gasteiger partial charge in [-0.2, -0.15) is 0 Å². The number of rotatable bonds is 8. The predicted molar refractivity (Wildman–Crippen MR) is 355 cm³/mol. The quantitative estimate of drug-likeness (QED) is 0.140. The largest absolute Gasteiger partial charge is 0.310 e. The summed E-state index contributed by atoms with van der Waals surface area (Å²) >= 11 is 0. The molecule has 0 heterocycles. The van der Waals surface area contributed by atoms with Crippen LogP contribution in [-0.4, -0.2) is 0 Å². The van der Waals surface area contributed by atoms with E-state index in [2.05, 4.69) is 320 Å². The summed E-state index contributed by atoms with van der Waals surface area (Å²) in [5, 5.41) is 9.99. The number of fused-ring (bicyclic) bond motifs is 6. The molecule has 0 fully saturated rings. The highest BCUT2D eigenvalue weighted by Gasteiger charge is 2.36. The molecule has 2 aliphatic carbocycles. The molecule has 0 atom stereocenters. The lowest BCUT2D eigenvalue weighted by Crippen LogP contribution is -2.23. The lowest BCUT2D eigenvalue weighted by molar-refractivity contribution is 0.590. The van der Waals surface area contributed by atoms with Crippen molar-refractivity contribution >= 4 is 77.2 Å². The average molecular weight is 1070 g/mol. The maximum absolute atomic E-state index is 2.51. The van der Waals surface area contributed by atoms with Gasteiger partial charge in [-0.05, 0) is 206 Å². The highest BCUT2D eigenvalue weighted by atomic mass is 15.1. The van der Waals surface area contributed by atoms with Gasteiger partial charge in [0.25, 0.3) is 0 Å². The van der Waals surface area contributed by atoms with Crippen molar-refractivity contribution in [3.05, 3.63) is 288 Å². The molecule has 400 valence electrons. The Hall–Kier alpha value is -9.50. The topological polar surface area (TPSA) is 6.48 Å². The lowest BCUT2D eigenvalue weighted by Gasteiger charge is -2.36. The van der Waals surface area contributed by atoms with Gasteiger partial charge >= 0.3 is 0 Å². The summed E-state index contributed by atoms with van der Waals surface area (Å²) < 4.78 is 0. The first kappa shape index (κ1) is 50.5. The number of nitrogens with zero attached hydrogens (tertiary/aromatic N) is 2. The SMILES string of the molecule is Cc1cccc(N(c2ccc(C(C)(C)C)cc2)c2ccc3c(-c4ccc5c6c(cccc46)C(C)(C)c4ccccc4-5)c4cc(N(c5ccccc5)c5ccccc5)ccc4c(-c4ccc5c6c(cccc46)C(C)(C)c4ccccc4-5)c3c2)c1. The van der Waals surface area contributed by atoms with Crippen LogP contribution in [-0.2, 0) is 16.2 Å². The van der Waals surface area contributed by atoms with Crippen molar-refractivity contribution in [3.63, 3.8) is 0 Å². The molecule has 15 rings (SSSR count). The summed E-state index contributed by atoms with van der Waals surface area (Å²) in [5.41, 5.74) is 24.3. The van der Waals surface area contributed by atoms with Crippen LogP contribution in [0.25, 0.3) is 87.6 Å². The monoisotopic (exact) mass is 1070 g/mol. The fraction of sp³-hybridized carbons (Fsp3) is 0.136. The van der Waals surface area contributed by atoms with E-state index >= 15 is 0 Å². The minimum absolute atomic E-state index is 0.0118. The zero-order chi connectivity index (χ0) is 56.5. The molecule has 0 radical (unpaired) electrons. The summed E-state index contributed by atoms with van der Waals surface area (Å²) in [7, 11) is 0. The molecular formula is C81H66N2. The second-order valence-corrected chi connectivity index (χ2v) is 25.3. The predicted octanol–water partition coefficient (Wildman–Crippen LogP) is 22.8. The fourth-order valence-corrected chi connectivity index (χ4v) is 14.5. The average Bonchev–Trinajstić information content (AvgIpc) is 2.41. The number of hydrogen-bond acceptors (Lipinski definition) is 2. The molecule has 2 aliphatic rings. The van der Waals surface area contributed by atoms with Gasteiger partial charge in [-0.15, -0.1) is 0 Å². The Kier molecular flexibility index (Phi) is 11.4. The van der Waals surface area contributed by atoms with Gasteiger partial charge in [0.05, 0.1) is 0 Å². The molecule has 13 aromatic rings. The second kappa shape index (κ2) is 18.8. The molecule has 0 saturated heterocycles. The molecule has 83 heavy (non-hydrogen) atoms. The molecule has 2 heteroatoms. The summed E-state index contributed by atoms with van der Waals surface area (Å²) in [6.45, 7) is 18.7. The van der Waals surface area contributed by atoms with Crippen LogP contribution in [0.4, 0.5) is 34.1 Å². The lowest BCUT2D eigenvalue weighted by atomic mass is 9.67. The first-order chi connectivity index (χ1) is 40.3. The minimum atomic E-state index is -0.212. The van der Waals surface area contributed by atoms with E-state index in [-0.39, 0.29) is 16.2 Å². The maximum atomic E-state index is 2.51. The van der Waals surface area contributed by atoms with E-state index in [4.69, 9.17) is 0 Å². The molecule has 0 bridgehead atoms. The van der Waals surface area contributed by atoms with Crippen LogP contribution in [0.5, 0.6) is 0 Å². The van der Waals surface area contributed by atoms with Gasteiger partial charge in [0.2, 0.25) is 0 Å². The van der Waals surface area contributed by atoms with E-state index in [0.717, 1.165) is 34.1 Å². The Morgan fingerprint density at radius 1 is 0.277 bits per heavy atom. The Bertz CT molecular complexity index is 4730. The standard InChI is InChI=1S/C81H66N2/c1-51-22-19-27-56(48-51)83(55-38-36-52(37-39-55)79(2,3)4)58-41-43-68-70(50-58)76(66-47-45-64-60-29-16-18-33-72(60)81(7,8)74-35-21-31-62(66)78(64)74)67-42-40-57(82(53-23-11-9-12-24-53)54-25-13-10-14-26-54)49-69(67)75(68)65-46-44-63-59-28-15-17-32-71(59)80(5,6)73-34-20-30-61(65)77(63)73/h9-50H,1-8H3. The number of aryl methyl sites for hydroxylation is 1. The van der Waals surface area contributed by atoms with E-state index in [1.54, 1.807) is 0 Å². The maximum Gasteiger partial charge on any atom is 0.0468 e. The van der Waals surface area contributed by atoms with Gasteiger partial charge in [-0.1, -0.05) is 230 Å². The van der Waals surface area contributed by atoms with Gasteiger partial charge in [-0.25, -0.2) is 0 Å². The van der Waals surface area contributed by atoms with Crippen molar-refractivity contribution in [1.29, 1.82) is 0 Å². The van der Waals surface area contributed by atoms with Crippen molar-refractivity contribution in [1.82, 2.24) is 0 Å². The fourth-order valence-electron chi connectivity index (χ4n) is 14.5. The third-order valence-corrected chi connectivity index (χ3v) is 18.6. The Labute approximate surface area is 488 Å². The number of hydrogen-bond donors (Lipinski definition) is 0. The van der Waals surface area contributed by atoms with E-state index in [9.17, 15) is 0 Å². The molecule has 13 aromatic carbocycles. The summed E-state index contributed by atoms with van der Waals surface area (Å²) in [4.78, 5) is 4.88. The van der Waals surface area contributed by atoms with Gasteiger partial charge in [0.1, 0.15) is 0 Å². The molecule has 2 nitrogen and oxygen atoms in total. The number of anilines is 6. The van der Waals surface area contributed by atoms with Crippen LogP contribution < -0.4 is 9.80 Å². The minimum Gasteiger partial charge on any atom is -0.310 e. The third-order valence-electron chi connectivity index (χ3n) is 18.6. The highest BCUT2D eigenvalue weighted by Crippen LogP contribution is 2.56. The second-order valence-electron chi connectivity index (χ2n) is 25.3. The highest BCUT2D eigenvalue weighted by molar-refractivity contribution is 6.28. The van der Waals surface area contributed by atoms with Crippen LogP contribution >= 0.6 is 0 Å². The Morgan fingerprint density at radius 2 is 0.651 bits per heavy atom. The zero-order valence-corrected chi connectivity index (χ0v) is 48.6. The van der Waals surface area contributed by atoms with Gasteiger partial charge < -0.3 is 9.80 Å². The summed E-state index contributed by atoms with van der Waals surface area (Å²) in [6.07, 6.45) is 0. The van der Waals surface area contributed by atoms with Crippen LogP contribution in [0.2, 0.25) is 0 Å². The third kappa shape index (κ3) is 7.83. The van der Waals surface area contributed by atoms with E-state index in [1.165, 1.54) is 121 Å². The van der Waals surface area contributed by atoms with E-state index in [1.807, 2.05) is 0 Å². The normalized spacial score (nSPS) is 13.7. The Balaban J connectivity index is 1.11. The van der Waals surface area contributed by atoms with Crippen LogP contribution in [0.15, 0.2) is 255 Å². The van der Waals surface area contributed by atoms with Crippen molar-refractivity contribution in [2.24, 2.45) is 0 Å². The van der Waals surface area contributed by atoms with E-state index < -0.39 is 0 Å². The van der Waals surface area contributed by atoms with Gasteiger partial charge in [0, 0.05) is 45.0 Å². The van der Waals surface area contributed by atoms with Crippen molar-refractivity contribution in [2.45, 2.75) is 71.6 Å². The molecular weight excluding hydrogens is 1000 g/mol. The molecule has 0 amide bonds. The van der Waals surface area contributed by atoms with Crippen molar-refractivity contribution in [3.8, 4) is 44.5 Å². The van der Waals surface area contributed by atoms with Crippen LogP contribution in [0, 0.1) is 6.92 Å². The molecule has 0 saturated carbocycles. The van der Waals surface area contributed by atoms with Crippen molar-refractivity contribution < 1.29 is 0 Å².